The first-order chi connectivity index (χ1) is 14.7. The fourth-order valence-corrected chi connectivity index (χ4v) is 3.65. The molecule has 0 atom stereocenters. The molecule has 0 bridgehead atoms. The molecular weight excluding hydrogens is 377 g/mol. The Hall–Kier alpha value is -3.99. The minimum absolute atomic E-state index is 0.471. The third-order valence-electron chi connectivity index (χ3n) is 5.09. The van der Waals surface area contributed by atoms with E-state index in [1.54, 1.807) is 6.07 Å². The van der Waals surface area contributed by atoms with Gasteiger partial charge in [-0.1, -0.05) is 42.5 Å². The Morgan fingerprint density at radius 2 is 1.30 bits per heavy atom. The van der Waals surface area contributed by atoms with E-state index in [1.165, 1.54) is 7.05 Å². The molecule has 0 radical (unpaired) electrons. The summed E-state index contributed by atoms with van der Waals surface area (Å²) in [6.45, 7) is 0. The molecule has 0 aliphatic rings. The van der Waals surface area contributed by atoms with Gasteiger partial charge in [0.2, 0.25) is 0 Å². The molecule has 0 saturated carbocycles. The Balaban J connectivity index is 1.50. The molecule has 5 heteroatoms. The highest BCUT2D eigenvalue weighted by molar-refractivity contribution is 6.06. The van der Waals surface area contributed by atoms with Gasteiger partial charge in [0.1, 0.15) is 11.2 Å². The second-order valence-corrected chi connectivity index (χ2v) is 7.10. The van der Waals surface area contributed by atoms with E-state index < -0.39 is 0 Å². The molecule has 0 aliphatic carbocycles. The van der Waals surface area contributed by atoms with Crippen LogP contribution in [-0.4, -0.2) is 7.05 Å². The molecule has 148 valence electrons. The first-order valence-corrected chi connectivity index (χ1v) is 9.72. The Morgan fingerprint density at radius 1 is 0.667 bits per heavy atom. The topological polar surface area (TPSA) is 40.4 Å². The van der Waals surface area contributed by atoms with Gasteiger partial charge in [0.25, 0.3) is 0 Å². The molecule has 1 heterocycles. The summed E-state index contributed by atoms with van der Waals surface area (Å²) in [6.07, 6.45) is 0. The molecule has 1 aromatic heterocycles. The third-order valence-corrected chi connectivity index (χ3v) is 5.09. The highest BCUT2D eigenvalue weighted by Gasteiger charge is 2.10. The molecule has 0 unspecified atom stereocenters. The molecule has 5 aromatic rings. The zero-order valence-electron chi connectivity index (χ0n) is 16.4. The maximum Gasteiger partial charge on any atom is 0.135 e. The monoisotopic (exact) mass is 397 g/mol. The van der Waals surface area contributed by atoms with Crippen molar-refractivity contribution in [3.8, 4) is 0 Å². The summed E-state index contributed by atoms with van der Waals surface area (Å²) in [5.41, 5.74) is 5.57. The molecule has 0 spiro atoms. The lowest BCUT2D eigenvalue weighted by Crippen LogP contribution is -2.06. The number of para-hydroxylation sites is 5. The number of anilines is 5. The van der Waals surface area contributed by atoms with E-state index in [-0.39, 0.29) is 0 Å². The van der Waals surface area contributed by atoms with Gasteiger partial charge in [-0.15, -0.1) is 4.48 Å². The highest BCUT2D eigenvalue weighted by atomic mass is 19.2. The summed E-state index contributed by atoms with van der Waals surface area (Å²) in [4.78, 5) is 0. The van der Waals surface area contributed by atoms with E-state index in [9.17, 15) is 4.48 Å². The Labute approximate surface area is 173 Å². The standard InChI is InChI=1S/C25H20FN3O/c1-29(26)23-12-6-5-11-22(23)28-21-10-4-3-9-20(21)27-17-14-15-25-19(16-17)18-8-2-7-13-24(18)30-25/h2-16,27-28H,1H3. The largest absolute Gasteiger partial charge is 0.456 e. The number of rotatable bonds is 5. The van der Waals surface area contributed by atoms with Gasteiger partial charge in [-0.3, -0.25) is 0 Å². The molecular formula is C25H20FN3O. The molecule has 2 N–H and O–H groups in total. The van der Waals surface area contributed by atoms with Crippen LogP contribution in [0.5, 0.6) is 0 Å². The number of nitrogens with one attached hydrogen (secondary N) is 2. The first kappa shape index (κ1) is 18.1. The average Bonchev–Trinajstić information content (AvgIpc) is 3.13. The van der Waals surface area contributed by atoms with Crippen molar-refractivity contribution < 1.29 is 8.90 Å². The number of nitrogens with zero attached hydrogens (tertiary/aromatic N) is 1. The van der Waals surface area contributed by atoms with Crippen LogP contribution >= 0.6 is 0 Å². The Bertz CT molecular complexity index is 1340. The van der Waals surface area contributed by atoms with Crippen molar-refractivity contribution in [1.29, 1.82) is 0 Å². The van der Waals surface area contributed by atoms with E-state index in [4.69, 9.17) is 4.42 Å². The summed E-state index contributed by atoms with van der Waals surface area (Å²) in [5, 5.41) is 9.57. The van der Waals surface area contributed by atoms with Crippen LogP contribution in [-0.2, 0) is 0 Å². The fraction of sp³-hybridized carbons (Fsp3) is 0.0400. The average molecular weight is 397 g/mol. The van der Waals surface area contributed by atoms with Gasteiger partial charge < -0.3 is 15.1 Å². The number of benzene rings is 4. The van der Waals surface area contributed by atoms with Crippen LogP contribution in [0.2, 0.25) is 0 Å². The normalized spacial score (nSPS) is 11.0. The lowest BCUT2D eigenvalue weighted by Gasteiger charge is -2.18. The molecule has 0 aliphatic heterocycles. The molecule has 5 rings (SSSR count). The Kier molecular flexibility index (Phi) is 4.48. The van der Waals surface area contributed by atoms with Gasteiger partial charge in [-0.05, 0) is 48.5 Å². The zero-order valence-corrected chi connectivity index (χ0v) is 16.4. The van der Waals surface area contributed by atoms with Crippen molar-refractivity contribution in [1.82, 2.24) is 0 Å². The lowest BCUT2D eigenvalue weighted by molar-refractivity contribution is 0.476. The molecule has 4 nitrogen and oxygen atoms in total. The highest BCUT2D eigenvalue weighted by Crippen LogP contribution is 2.35. The van der Waals surface area contributed by atoms with Crippen LogP contribution in [0.1, 0.15) is 0 Å². The fourth-order valence-electron chi connectivity index (χ4n) is 3.65. The van der Waals surface area contributed by atoms with Crippen molar-refractivity contribution in [2.45, 2.75) is 0 Å². The molecule has 0 fully saturated rings. The summed E-state index contributed by atoms with van der Waals surface area (Å²) in [6, 6.07) is 29.2. The second kappa shape index (κ2) is 7.44. The minimum Gasteiger partial charge on any atom is -0.456 e. The van der Waals surface area contributed by atoms with E-state index in [1.807, 2.05) is 72.8 Å². The summed E-state index contributed by atoms with van der Waals surface area (Å²) in [7, 11) is 1.38. The van der Waals surface area contributed by atoms with Gasteiger partial charge in [-0.25, -0.2) is 5.12 Å². The zero-order chi connectivity index (χ0) is 20.5. The number of halogens is 1. The van der Waals surface area contributed by atoms with Crippen molar-refractivity contribution in [3.63, 3.8) is 0 Å². The smallest absolute Gasteiger partial charge is 0.135 e. The summed E-state index contributed by atoms with van der Waals surface area (Å²) < 4.78 is 19.8. The molecule has 0 saturated heterocycles. The van der Waals surface area contributed by atoms with Gasteiger partial charge in [-0.2, -0.15) is 0 Å². The van der Waals surface area contributed by atoms with E-state index in [0.717, 1.165) is 39.0 Å². The third kappa shape index (κ3) is 3.31. The minimum atomic E-state index is 0.471. The van der Waals surface area contributed by atoms with E-state index >= 15 is 0 Å². The van der Waals surface area contributed by atoms with E-state index in [0.29, 0.717) is 16.5 Å². The molecule has 0 amide bonds. The molecule has 4 aromatic carbocycles. The Morgan fingerprint density at radius 3 is 2.10 bits per heavy atom. The number of hydrogen-bond donors (Lipinski definition) is 2. The van der Waals surface area contributed by atoms with Gasteiger partial charge in [0, 0.05) is 23.5 Å². The summed E-state index contributed by atoms with van der Waals surface area (Å²) >= 11 is 0. The predicted molar refractivity (Wildman–Crippen MR) is 123 cm³/mol. The predicted octanol–water partition coefficient (Wildman–Crippen LogP) is 7.39. The van der Waals surface area contributed by atoms with Crippen molar-refractivity contribution in [3.05, 3.63) is 91.0 Å². The van der Waals surface area contributed by atoms with Crippen LogP contribution in [0.25, 0.3) is 21.9 Å². The summed E-state index contributed by atoms with van der Waals surface area (Å²) in [5.74, 6) is 0. The van der Waals surface area contributed by atoms with E-state index in [2.05, 4.69) is 22.8 Å². The van der Waals surface area contributed by atoms with Crippen LogP contribution in [0.15, 0.2) is 95.4 Å². The van der Waals surface area contributed by atoms with Crippen LogP contribution in [0.4, 0.5) is 32.9 Å². The van der Waals surface area contributed by atoms with Gasteiger partial charge in [0.15, 0.2) is 0 Å². The maximum absolute atomic E-state index is 13.9. The first-order valence-electron chi connectivity index (χ1n) is 9.72. The quantitative estimate of drug-likeness (QED) is 0.303. The maximum atomic E-state index is 13.9. The van der Waals surface area contributed by atoms with Crippen LogP contribution in [0, 0.1) is 0 Å². The van der Waals surface area contributed by atoms with Crippen molar-refractivity contribution in [2.24, 2.45) is 0 Å². The van der Waals surface area contributed by atoms with Gasteiger partial charge in [0.05, 0.1) is 22.7 Å². The number of hydrogen-bond acceptors (Lipinski definition) is 4. The van der Waals surface area contributed by atoms with Gasteiger partial charge >= 0.3 is 0 Å². The number of furan rings is 1. The number of fused-ring (bicyclic) bond motifs is 3. The van der Waals surface area contributed by atoms with Crippen LogP contribution < -0.4 is 15.8 Å². The molecule has 30 heavy (non-hydrogen) atoms. The second-order valence-electron chi connectivity index (χ2n) is 7.10. The van der Waals surface area contributed by atoms with Crippen molar-refractivity contribution >= 4 is 50.4 Å². The van der Waals surface area contributed by atoms with Crippen LogP contribution in [0.3, 0.4) is 0 Å². The lowest BCUT2D eigenvalue weighted by atomic mass is 10.1. The SMILES string of the molecule is CN(F)c1ccccc1Nc1ccccc1Nc1ccc2oc3ccccc3c2c1. The van der Waals surface area contributed by atoms with Crippen molar-refractivity contribution in [2.75, 3.05) is 22.8 Å².